The van der Waals surface area contributed by atoms with Gasteiger partial charge in [0.1, 0.15) is 6.04 Å². The van der Waals surface area contributed by atoms with E-state index in [2.05, 4.69) is 17.4 Å². The van der Waals surface area contributed by atoms with Gasteiger partial charge < -0.3 is 10.1 Å². The van der Waals surface area contributed by atoms with Crippen LogP contribution in [0.4, 0.5) is 0 Å². The molecule has 0 aromatic heterocycles. The molecule has 0 heterocycles. The molecule has 0 spiro atoms. The van der Waals surface area contributed by atoms with Crippen LogP contribution in [-0.2, 0) is 16.0 Å². The van der Waals surface area contributed by atoms with Crippen molar-refractivity contribution < 1.29 is 9.53 Å². The summed E-state index contributed by atoms with van der Waals surface area (Å²) in [7, 11) is 0. The summed E-state index contributed by atoms with van der Waals surface area (Å²) in [6.45, 7) is 2.31. The maximum absolute atomic E-state index is 12.2. The van der Waals surface area contributed by atoms with Crippen LogP contribution in [0, 0.1) is 0 Å². The zero-order chi connectivity index (χ0) is 14.9. The molecule has 1 aliphatic rings. The first kappa shape index (κ1) is 16.0. The first-order chi connectivity index (χ1) is 10.3. The fourth-order valence-corrected chi connectivity index (χ4v) is 3.03. The van der Waals surface area contributed by atoms with E-state index < -0.39 is 0 Å². The third-order valence-electron chi connectivity index (χ3n) is 4.15. The Morgan fingerprint density at radius 1 is 1.19 bits per heavy atom. The molecule has 1 fully saturated rings. The average Bonchev–Trinajstić information content (AvgIpc) is 2.76. The normalized spacial score (nSPS) is 18.0. The van der Waals surface area contributed by atoms with E-state index in [-0.39, 0.29) is 12.0 Å². The lowest BCUT2D eigenvalue weighted by Crippen LogP contribution is -2.45. The molecule has 3 heteroatoms. The van der Waals surface area contributed by atoms with Crippen molar-refractivity contribution in [3.05, 3.63) is 35.9 Å². The lowest BCUT2D eigenvalue weighted by molar-refractivity contribution is -0.145. The van der Waals surface area contributed by atoms with Crippen molar-refractivity contribution >= 4 is 5.97 Å². The molecule has 0 saturated heterocycles. The smallest absolute Gasteiger partial charge is 0.323 e. The topological polar surface area (TPSA) is 38.3 Å². The van der Waals surface area contributed by atoms with E-state index in [1.165, 1.54) is 44.1 Å². The summed E-state index contributed by atoms with van der Waals surface area (Å²) in [5.41, 5.74) is 1.18. The fourth-order valence-electron chi connectivity index (χ4n) is 3.03. The maximum Gasteiger partial charge on any atom is 0.323 e. The average molecular weight is 289 g/mol. The van der Waals surface area contributed by atoms with Crippen molar-refractivity contribution in [2.75, 3.05) is 6.61 Å². The van der Waals surface area contributed by atoms with Crippen LogP contribution >= 0.6 is 0 Å². The molecule has 0 radical (unpaired) electrons. The van der Waals surface area contributed by atoms with Gasteiger partial charge in [0.2, 0.25) is 0 Å². The van der Waals surface area contributed by atoms with Crippen LogP contribution in [0.5, 0.6) is 0 Å². The molecule has 0 bridgehead atoms. The Labute approximate surface area is 128 Å². The number of benzene rings is 1. The number of carbonyl (C=O) groups is 1. The van der Waals surface area contributed by atoms with Gasteiger partial charge in [-0.05, 0) is 31.7 Å². The van der Waals surface area contributed by atoms with Gasteiger partial charge in [0.05, 0.1) is 6.61 Å². The molecule has 1 N–H and O–H groups in total. The molecule has 3 nitrogen and oxygen atoms in total. The molecule has 1 unspecified atom stereocenters. The Morgan fingerprint density at radius 2 is 1.86 bits per heavy atom. The summed E-state index contributed by atoms with van der Waals surface area (Å²) in [6.07, 6.45) is 8.21. The molecule has 0 aliphatic heterocycles. The summed E-state index contributed by atoms with van der Waals surface area (Å²) < 4.78 is 5.25. The molecule has 1 atom stereocenters. The number of esters is 1. The van der Waals surface area contributed by atoms with Gasteiger partial charge >= 0.3 is 5.97 Å². The minimum Gasteiger partial charge on any atom is -0.465 e. The number of ether oxygens (including phenoxy) is 1. The zero-order valence-electron chi connectivity index (χ0n) is 13.0. The highest BCUT2D eigenvalue weighted by Gasteiger charge is 2.24. The Kier molecular flexibility index (Phi) is 6.74. The van der Waals surface area contributed by atoms with Crippen LogP contribution in [0.25, 0.3) is 0 Å². The van der Waals surface area contributed by atoms with Crippen molar-refractivity contribution in [1.82, 2.24) is 5.32 Å². The van der Waals surface area contributed by atoms with Gasteiger partial charge in [-0.3, -0.25) is 4.79 Å². The van der Waals surface area contributed by atoms with Crippen LogP contribution in [0.1, 0.15) is 51.0 Å². The number of carbonyl (C=O) groups excluding carboxylic acids is 1. The van der Waals surface area contributed by atoms with E-state index >= 15 is 0 Å². The molecule has 1 aliphatic carbocycles. The predicted molar refractivity (Wildman–Crippen MR) is 85.2 cm³/mol. The van der Waals surface area contributed by atoms with Crippen molar-refractivity contribution in [1.29, 1.82) is 0 Å². The first-order valence-electron chi connectivity index (χ1n) is 8.26. The number of hydrogen-bond acceptors (Lipinski definition) is 3. The van der Waals surface area contributed by atoms with E-state index in [4.69, 9.17) is 4.74 Å². The highest BCUT2D eigenvalue weighted by molar-refractivity contribution is 5.76. The number of nitrogens with one attached hydrogen (secondary N) is 1. The van der Waals surface area contributed by atoms with E-state index in [0.29, 0.717) is 19.1 Å². The van der Waals surface area contributed by atoms with E-state index in [1.807, 2.05) is 25.1 Å². The second-order valence-corrected chi connectivity index (χ2v) is 5.85. The predicted octanol–water partition coefficient (Wildman–Crippen LogP) is 3.47. The van der Waals surface area contributed by atoms with Crippen LogP contribution in [-0.4, -0.2) is 24.7 Å². The van der Waals surface area contributed by atoms with Crippen molar-refractivity contribution in [2.24, 2.45) is 0 Å². The van der Waals surface area contributed by atoms with Crippen LogP contribution in [0.15, 0.2) is 30.3 Å². The minimum atomic E-state index is -0.226. The number of hydrogen-bond donors (Lipinski definition) is 1. The van der Waals surface area contributed by atoms with Gasteiger partial charge in [0.25, 0.3) is 0 Å². The van der Waals surface area contributed by atoms with E-state index in [9.17, 15) is 4.79 Å². The van der Waals surface area contributed by atoms with E-state index in [0.717, 1.165) is 0 Å². The summed E-state index contributed by atoms with van der Waals surface area (Å²) in [5, 5.41) is 3.55. The lowest BCUT2D eigenvalue weighted by atomic mass is 10.0. The third kappa shape index (κ3) is 5.50. The van der Waals surface area contributed by atoms with Gasteiger partial charge in [-0.2, -0.15) is 0 Å². The molecular weight excluding hydrogens is 262 g/mol. The fraction of sp³-hybridized carbons (Fsp3) is 0.611. The maximum atomic E-state index is 12.2. The van der Waals surface area contributed by atoms with Gasteiger partial charge in [-0.15, -0.1) is 0 Å². The molecule has 21 heavy (non-hydrogen) atoms. The molecule has 1 aromatic rings. The molecule has 116 valence electrons. The zero-order valence-corrected chi connectivity index (χ0v) is 13.0. The van der Waals surface area contributed by atoms with Crippen LogP contribution in [0.2, 0.25) is 0 Å². The van der Waals surface area contributed by atoms with Gasteiger partial charge in [0.15, 0.2) is 0 Å². The summed E-state index contributed by atoms with van der Waals surface area (Å²) in [6, 6.07) is 10.4. The SMILES string of the molecule is CCOC(=O)C(Cc1ccccc1)NC1CCCCCC1. The molecule has 1 saturated carbocycles. The standard InChI is InChI=1S/C18H27NO2/c1-2-21-18(20)17(14-15-10-6-5-7-11-15)19-16-12-8-3-4-9-13-16/h5-7,10-11,16-17,19H,2-4,8-9,12-14H2,1H3. The quantitative estimate of drug-likeness (QED) is 0.643. The van der Waals surface area contributed by atoms with Crippen molar-refractivity contribution in [3.63, 3.8) is 0 Å². The molecule has 2 rings (SSSR count). The molecule has 1 aromatic carbocycles. The van der Waals surface area contributed by atoms with Crippen molar-refractivity contribution in [3.8, 4) is 0 Å². The van der Waals surface area contributed by atoms with Crippen molar-refractivity contribution in [2.45, 2.75) is 64.0 Å². The third-order valence-corrected chi connectivity index (χ3v) is 4.15. The van der Waals surface area contributed by atoms with Crippen LogP contribution in [0.3, 0.4) is 0 Å². The Hall–Kier alpha value is -1.35. The van der Waals surface area contributed by atoms with E-state index in [1.54, 1.807) is 0 Å². The molecule has 0 amide bonds. The summed E-state index contributed by atoms with van der Waals surface area (Å²) in [5.74, 6) is -0.120. The van der Waals surface area contributed by atoms with Crippen LogP contribution < -0.4 is 5.32 Å². The Bertz CT molecular complexity index is 410. The second-order valence-electron chi connectivity index (χ2n) is 5.85. The molecular formula is C18H27NO2. The summed E-state index contributed by atoms with van der Waals surface area (Å²) in [4.78, 5) is 12.2. The monoisotopic (exact) mass is 289 g/mol. The van der Waals surface area contributed by atoms with Gasteiger partial charge in [-0.25, -0.2) is 0 Å². The first-order valence-corrected chi connectivity index (χ1v) is 8.26. The Balaban J connectivity index is 1.99. The highest BCUT2D eigenvalue weighted by atomic mass is 16.5. The largest absolute Gasteiger partial charge is 0.465 e. The highest BCUT2D eigenvalue weighted by Crippen LogP contribution is 2.18. The van der Waals surface area contributed by atoms with Gasteiger partial charge in [0, 0.05) is 6.04 Å². The number of rotatable bonds is 6. The Morgan fingerprint density at radius 3 is 2.48 bits per heavy atom. The van der Waals surface area contributed by atoms with Gasteiger partial charge in [-0.1, -0.05) is 56.0 Å². The minimum absolute atomic E-state index is 0.120. The lowest BCUT2D eigenvalue weighted by Gasteiger charge is -2.23. The second kappa shape index (κ2) is 8.83. The summed E-state index contributed by atoms with van der Waals surface area (Å²) >= 11 is 0.